The molecular weight excluding hydrogens is 448 g/mol. The average Bonchev–Trinajstić information content (AvgIpc) is 3.33. The van der Waals surface area contributed by atoms with Crippen LogP contribution in [0.5, 0.6) is 5.75 Å². The number of nitrogens with zero attached hydrogens (tertiary/aromatic N) is 6. The number of morpholine rings is 1. The van der Waals surface area contributed by atoms with E-state index in [1.807, 2.05) is 37.5 Å². The summed E-state index contributed by atoms with van der Waals surface area (Å²) in [7, 11) is 1.82. The molecule has 0 radical (unpaired) electrons. The molecule has 4 heterocycles. The fourth-order valence-electron chi connectivity index (χ4n) is 3.98. The summed E-state index contributed by atoms with van der Waals surface area (Å²) < 4.78 is 12.6. The zero-order chi connectivity index (χ0) is 24.0. The van der Waals surface area contributed by atoms with Crippen LogP contribution in [0.2, 0.25) is 0 Å². The lowest BCUT2D eigenvalue weighted by Gasteiger charge is -2.26. The normalized spacial score (nSPS) is 16.4. The summed E-state index contributed by atoms with van der Waals surface area (Å²) in [5.74, 6) is 1.24. The van der Waals surface area contributed by atoms with E-state index in [4.69, 9.17) is 14.3 Å². The molecule has 2 aromatic heterocycles. The van der Waals surface area contributed by atoms with E-state index in [2.05, 4.69) is 20.0 Å². The van der Waals surface area contributed by atoms with Crippen molar-refractivity contribution in [2.24, 2.45) is 0 Å². The highest BCUT2D eigenvalue weighted by Gasteiger charge is 2.15. The number of ether oxygens (including phenoxy) is 2. The molecule has 1 fully saturated rings. The first kappa shape index (κ1) is 23.2. The summed E-state index contributed by atoms with van der Waals surface area (Å²) in [4.78, 5) is 29.1. The van der Waals surface area contributed by atoms with Crippen LogP contribution in [0.25, 0.3) is 17.0 Å². The molecule has 35 heavy (non-hydrogen) atoms. The molecule has 0 atom stereocenters. The van der Waals surface area contributed by atoms with Gasteiger partial charge in [-0.15, -0.1) is 0 Å². The van der Waals surface area contributed by atoms with E-state index in [-0.39, 0.29) is 5.56 Å². The third-order valence-electron chi connectivity index (χ3n) is 5.88. The minimum absolute atomic E-state index is 0.165. The van der Waals surface area contributed by atoms with Gasteiger partial charge in [-0.2, -0.15) is 5.10 Å². The van der Waals surface area contributed by atoms with E-state index < -0.39 is 0 Å². The van der Waals surface area contributed by atoms with Gasteiger partial charge >= 0.3 is 0 Å². The zero-order valence-electron chi connectivity index (χ0n) is 19.7. The number of aromatic nitrogens is 4. The fourth-order valence-corrected chi connectivity index (χ4v) is 3.98. The third kappa shape index (κ3) is 5.91. The fraction of sp³-hybridized carbons (Fsp3) is 0.360. The van der Waals surface area contributed by atoms with Crippen LogP contribution in [0.3, 0.4) is 0 Å². The van der Waals surface area contributed by atoms with Crippen LogP contribution in [-0.4, -0.2) is 82.8 Å². The third-order valence-corrected chi connectivity index (χ3v) is 5.88. The van der Waals surface area contributed by atoms with E-state index in [0.29, 0.717) is 31.3 Å². The highest BCUT2D eigenvalue weighted by atomic mass is 16.7. The van der Waals surface area contributed by atoms with Gasteiger partial charge in [0.05, 0.1) is 37.8 Å². The van der Waals surface area contributed by atoms with Crippen LogP contribution < -0.4 is 10.3 Å². The quantitative estimate of drug-likeness (QED) is 0.481. The Bertz CT molecular complexity index is 1240. The number of hydrogen-bond donors (Lipinski definition) is 0. The van der Waals surface area contributed by atoms with Crippen LogP contribution in [0.4, 0.5) is 0 Å². The summed E-state index contributed by atoms with van der Waals surface area (Å²) in [6.45, 7) is 5.63. The van der Waals surface area contributed by atoms with E-state index >= 15 is 0 Å². The number of hydroxylamine groups is 2. The highest BCUT2D eigenvalue weighted by Crippen LogP contribution is 2.20. The van der Waals surface area contributed by atoms with Gasteiger partial charge < -0.3 is 9.47 Å². The minimum Gasteiger partial charge on any atom is -0.489 e. The lowest BCUT2D eigenvalue weighted by atomic mass is 10.1. The van der Waals surface area contributed by atoms with Crippen molar-refractivity contribution >= 4 is 5.57 Å². The van der Waals surface area contributed by atoms with Gasteiger partial charge in [-0.1, -0.05) is 18.2 Å². The highest BCUT2D eigenvalue weighted by molar-refractivity contribution is 5.63. The maximum Gasteiger partial charge on any atom is 0.267 e. The number of hydrogen-bond acceptors (Lipinski definition) is 9. The second kappa shape index (κ2) is 10.8. The molecule has 1 aromatic carbocycles. The molecule has 2 aliphatic rings. The predicted octanol–water partition coefficient (Wildman–Crippen LogP) is 1.68. The van der Waals surface area contributed by atoms with Crippen LogP contribution in [0.15, 0.2) is 59.8 Å². The first-order valence-corrected chi connectivity index (χ1v) is 11.6. The molecular formula is C25H28N6O4. The van der Waals surface area contributed by atoms with Crippen molar-refractivity contribution in [2.45, 2.75) is 6.54 Å². The lowest BCUT2D eigenvalue weighted by Crippen LogP contribution is -2.38. The Hall–Kier alpha value is -3.60. The molecule has 3 aromatic rings. The van der Waals surface area contributed by atoms with Crippen LogP contribution in [0, 0.1) is 0 Å². The Morgan fingerprint density at radius 3 is 2.69 bits per heavy atom. The Kier molecular flexibility index (Phi) is 7.12. The summed E-state index contributed by atoms with van der Waals surface area (Å²) in [6, 6.07) is 11.1. The summed E-state index contributed by atoms with van der Waals surface area (Å²) in [5, 5.41) is 6.17. The smallest absolute Gasteiger partial charge is 0.267 e. The van der Waals surface area contributed by atoms with Gasteiger partial charge in [0.1, 0.15) is 13.2 Å². The van der Waals surface area contributed by atoms with Crippen LogP contribution in [0.1, 0.15) is 11.3 Å². The molecule has 2 aliphatic heterocycles. The van der Waals surface area contributed by atoms with Crippen molar-refractivity contribution < 1.29 is 14.3 Å². The van der Waals surface area contributed by atoms with E-state index in [1.54, 1.807) is 23.5 Å². The van der Waals surface area contributed by atoms with Crippen molar-refractivity contribution in [2.75, 3.05) is 53.1 Å². The molecule has 0 bridgehead atoms. The molecule has 1 saturated heterocycles. The molecule has 0 amide bonds. The summed E-state index contributed by atoms with van der Waals surface area (Å²) in [5.41, 5.74) is 3.27. The zero-order valence-corrected chi connectivity index (χ0v) is 19.7. The number of benzene rings is 1. The minimum atomic E-state index is -0.165. The largest absolute Gasteiger partial charge is 0.489 e. The van der Waals surface area contributed by atoms with Gasteiger partial charge in [0.2, 0.25) is 0 Å². The van der Waals surface area contributed by atoms with Gasteiger partial charge in [-0.25, -0.2) is 14.6 Å². The molecule has 0 N–H and O–H groups in total. The molecule has 10 heteroatoms. The Morgan fingerprint density at radius 1 is 1.09 bits per heavy atom. The average molecular weight is 477 g/mol. The molecule has 0 saturated carbocycles. The maximum atomic E-state index is 12.4. The van der Waals surface area contributed by atoms with Gasteiger partial charge in [0.15, 0.2) is 11.6 Å². The topological polar surface area (TPSA) is 94.8 Å². The van der Waals surface area contributed by atoms with Gasteiger partial charge in [0, 0.05) is 50.1 Å². The van der Waals surface area contributed by atoms with E-state index in [1.165, 1.54) is 10.7 Å². The summed E-state index contributed by atoms with van der Waals surface area (Å²) >= 11 is 0. The molecule has 0 unspecified atom stereocenters. The summed E-state index contributed by atoms with van der Waals surface area (Å²) in [6.07, 6.45) is 5.25. The first-order chi connectivity index (χ1) is 17.1. The Balaban J connectivity index is 1.24. The van der Waals surface area contributed by atoms with Crippen molar-refractivity contribution in [3.63, 3.8) is 0 Å². The second-order valence-corrected chi connectivity index (χ2v) is 8.43. The second-order valence-electron chi connectivity index (χ2n) is 8.43. The van der Waals surface area contributed by atoms with E-state index in [9.17, 15) is 4.79 Å². The Labute approximate surface area is 203 Å². The molecule has 0 aliphatic carbocycles. The molecule has 10 nitrogen and oxygen atoms in total. The van der Waals surface area contributed by atoms with Crippen molar-refractivity contribution in [3.8, 4) is 17.1 Å². The molecule has 0 spiro atoms. The lowest BCUT2D eigenvalue weighted by molar-refractivity contribution is -0.0663. The standard InChI is InChI=1S/C25H28N6O4/c1-29-17-21(18-35-29)23-5-6-24(32)31(28-23)16-19-3-2-4-20(13-19)25-26-14-22(15-27-25)34-12-9-30-7-10-33-11-8-30/h2-6,13-15,17H,7-12,16,18H2,1H3. The van der Waals surface area contributed by atoms with Gasteiger partial charge in [0.25, 0.3) is 5.56 Å². The Morgan fingerprint density at radius 2 is 1.91 bits per heavy atom. The van der Waals surface area contributed by atoms with Crippen LogP contribution >= 0.6 is 0 Å². The van der Waals surface area contributed by atoms with Crippen molar-refractivity contribution in [1.82, 2.24) is 29.7 Å². The predicted molar refractivity (Wildman–Crippen MR) is 130 cm³/mol. The maximum absolute atomic E-state index is 12.4. The van der Waals surface area contributed by atoms with Crippen molar-refractivity contribution in [1.29, 1.82) is 0 Å². The van der Waals surface area contributed by atoms with Crippen molar-refractivity contribution in [3.05, 3.63) is 76.6 Å². The van der Waals surface area contributed by atoms with Gasteiger partial charge in [-0.05, 0) is 17.7 Å². The van der Waals surface area contributed by atoms with E-state index in [0.717, 1.165) is 55.2 Å². The van der Waals surface area contributed by atoms with Gasteiger partial charge in [-0.3, -0.25) is 19.6 Å². The SMILES string of the molecule is CN1C=C(c2ccc(=O)n(Cc3cccc(-c4ncc(OCCN5CCOCC5)cn4)c3)n2)CO1. The molecule has 5 rings (SSSR count). The van der Waals surface area contributed by atoms with Crippen LogP contribution in [-0.2, 0) is 16.1 Å². The molecule has 182 valence electrons. The monoisotopic (exact) mass is 476 g/mol. The number of rotatable bonds is 8. The first-order valence-electron chi connectivity index (χ1n) is 11.6.